The van der Waals surface area contributed by atoms with E-state index in [9.17, 15) is 10.1 Å². The number of piperidine rings is 1. The Bertz CT molecular complexity index is 816. The second-order valence-electron chi connectivity index (χ2n) is 7.59. The summed E-state index contributed by atoms with van der Waals surface area (Å²) < 4.78 is 0. The summed E-state index contributed by atoms with van der Waals surface area (Å²) in [5, 5.41) is 18.7. The number of nitrogens with zero attached hydrogens (tertiary/aromatic N) is 5. The van der Waals surface area contributed by atoms with Crippen molar-refractivity contribution in [3.05, 3.63) is 69.3 Å². The van der Waals surface area contributed by atoms with Crippen molar-refractivity contribution in [1.82, 2.24) is 19.8 Å². The van der Waals surface area contributed by atoms with Gasteiger partial charge in [0.1, 0.15) is 0 Å². The van der Waals surface area contributed by atoms with Crippen molar-refractivity contribution < 1.29 is 4.92 Å². The van der Waals surface area contributed by atoms with Crippen LogP contribution in [0.3, 0.4) is 0 Å². The number of hydrogen-bond acceptors (Lipinski definition) is 6. The van der Waals surface area contributed by atoms with E-state index in [-0.39, 0.29) is 5.84 Å². The Morgan fingerprint density at radius 1 is 1.14 bits per heavy atom. The molecule has 0 atom stereocenters. The predicted molar refractivity (Wildman–Crippen MR) is 111 cm³/mol. The fourth-order valence-electron chi connectivity index (χ4n) is 3.79. The molecular weight excluding hydrogens is 368 g/mol. The number of pyridine rings is 2. The number of nitrogens with one attached hydrogen (secondary N) is 1. The van der Waals surface area contributed by atoms with Crippen molar-refractivity contribution in [2.45, 2.75) is 45.8 Å². The SMILES string of the molecule is Cc1cccnc1CN(Cc1ncccc1C)C1CCN(C(=N)C[N+](=O)[O-])CC1. The molecule has 1 fully saturated rings. The van der Waals surface area contributed by atoms with Gasteiger partial charge in [-0.2, -0.15) is 0 Å². The zero-order valence-electron chi connectivity index (χ0n) is 17.0. The molecule has 0 unspecified atom stereocenters. The lowest BCUT2D eigenvalue weighted by atomic mass is 10.0. The molecule has 0 saturated carbocycles. The maximum atomic E-state index is 10.7. The summed E-state index contributed by atoms with van der Waals surface area (Å²) in [7, 11) is 0. The van der Waals surface area contributed by atoms with Gasteiger partial charge in [-0.15, -0.1) is 0 Å². The minimum absolute atomic E-state index is 0.0983. The zero-order valence-corrected chi connectivity index (χ0v) is 17.0. The molecule has 3 rings (SSSR count). The average molecular weight is 396 g/mol. The summed E-state index contributed by atoms with van der Waals surface area (Å²) in [6.45, 7) is 6.54. The fourth-order valence-corrected chi connectivity index (χ4v) is 3.79. The van der Waals surface area contributed by atoms with E-state index < -0.39 is 11.5 Å². The summed E-state index contributed by atoms with van der Waals surface area (Å²) in [5.41, 5.74) is 4.45. The van der Waals surface area contributed by atoms with E-state index >= 15 is 0 Å². The summed E-state index contributed by atoms with van der Waals surface area (Å²) in [6, 6.07) is 8.37. The molecule has 1 N–H and O–H groups in total. The number of hydrogen-bond donors (Lipinski definition) is 1. The zero-order chi connectivity index (χ0) is 20.8. The second kappa shape index (κ2) is 9.56. The summed E-state index contributed by atoms with van der Waals surface area (Å²) >= 11 is 0. The van der Waals surface area contributed by atoms with Crippen LogP contribution in [0.2, 0.25) is 0 Å². The van der Waals surface area contributed by atoms with Crippen molar-refractivity contribution >= 4 is 5.84 Å². The maximum absolute atomic E-state index is 10.7. The lowest BCUT2D eigenvalue weighted by Crippen LogP contribution is -2.47. The molecule has 0 amide bonds. The van der Waals surface area contributed by atoms with Gasteiger partial charge >= 0.3 is 0 Å². The van der Waals surface area contributed by atoms with E-state index in [0.717, 1.165) is 37.3 Å². The van der Waals surface area contributed by atoms with Gasteiger partial charge in [0.2, 0.25) is 0 Å². The van der Waals surface area contributed by atoms with Crippen molar-refractivity contribution in [2.75, 3.05) is 19.6 Å². The van der Waals surface area contributed by atoms with E-state index in [1.165, 1.54) is 11.1 Å². The molecule has 8 heteroatoms. The van der Waals surface area contributed by atoms with Gasteiger partial charge in [-0.1, -0.05) is 12.1 Å². The molecule has 3 heterocycles. The topological polar surface area (TPSA) is 99.2 Å². The van der Waals surface area contributed by atoms with Crippen LogP contribution in [0.1, 0.15) is 35.4 Å². The standard InChI is InChI=1S/C21H28N6O2/c1-16-5-3-9-23-19(16)13-26(14-20-17(2)6-4-10-24-20)18-7-11-25(12-8-18)21(22)15-27(28)29/h3-6,9-10,18,22H,7-8,11-15H2,1-2H3. The van der Waals surface area contributed by atoms with Crippen LogP contribution >= 0.6 is 0 Å². The Morgan fingerprint density at radius 3 is 2.10 bits per heavy atom. The van der Waals surface area contributed by atoms with Gasteiger partial charge in [-0.25, -0.2) is 0 Å². The number of rotatable bonds is 7. The molecule has 8 nitrogen and oxygen atoms in total. The molecule has 0 aromatic carbocycles. The Labute approximate surface area is 171 Å². The molecule has 0 bridgehead atoms. The number of nitro groups is 1. The fraction of sp³-hybridized carbons (Fsp3) is 0.476. The Kier molecular flexibility index (Phi) is 6.87. The summed E-state index contributed by atoms with van der Waals surface area (Å²) in [5.74, 6) is 0.0983. The molecule has 0 aliphatic carbocycles. The quantitative estimate of drug-likeness (QED) is 0.334. The van der Waals surface area contributed by atoms with Gasteiger partial charge in [0.15, 0.2) is 5.84 Å². The molecule has 0 spiro atoms. The highest BCUT2D eigenvalue weighted by Gasteiger charge is 2.28. The minimum Gasteiger partial charge on any atom is -0.355 e. The third-order valence-electron chi connectivity index (χ3n) is 5.58. The highest BCUT2D eigenvalue weighted by atomic mass is 16.6. The highest BCUT2D eigenvalue weighted by Crippen LogP contribution is 2.22. The van der Waals surface area contributed by atoms with E-state index in [0.29, 0.717) is 19.1 Å². The maximum Gasteiger partial charge on any atom is 0.259 e. The Hall–Kier alpha value is -2.87. The van der Waals surface area contributed by atoms with E-state index in [4.69, 9.17) is 5.41 Å². The van der Waals surface area contributed by atoms with E-state index in [1.54, 1.807) is 0 Å². The second-order valence-corrected chi connectivity index (χ2v) is 7.59. The molecule has 0 radical (unpaired) electrons. The highest BCUT2D eigenvalue weighted by molar-refractivity contribution is 5.80. The predicted octanol–water partition coefficient (Wildman–Crippen LogP) is 2.81. The van der Waals surface area contributed by atoms with Crippen LogP contribution in [-0.2, 0) is 13.1 Å². The third kappa shape index (κ3) is 5.57. The lowest BCUT2D eigenvalue weighted by molar-refractivity contribution is -0.464. The van der Waals surface area contributed by atoms with Crippen LogP contribution in [0.5, 0.6) is 0 Å². The monoisotopic (exact) mass is 396 g/mol. The Morgan fingerprint density at radius 2 is 1.66 bits per heavy atom. The van der Waals surface area contributed by atoms with Crippen molar-refractivity contribution in [1.29, 1.82) is 5.41 Å². The van der Waals surface area contributed by atoms with Crippen molar-refractivity contribution in [3.63, 3.8) is 0 Å². The normalized spacial score (nSPS) is 14.9. The molecule has 1 aliphatic rings. The molecule has 1 saturated heterocycles. The van der Waals surface area contributed by atoms with E-state index in [1.807, 2.05) is 29.4 Å². The first-order valence-corrected chi connectivity index (χ1v) is 9.93. The van der Waals surface area contributed by atoms with Crippen LogP contribution in [0.15, 0.2) is 36.7 Å². The largest absolute Gasteiger partial charge is 0.355 e. The van der Waals surface area contributed by atoms with Gasteiger partial charge in [-0.3, -0.25) is 30.4 Å². The van der Waals surface area contributed by atoms with Crippen LogP contribution in [-0.4, -0.2) is 56.2 Å². The smallest absolute Gasteiger partial charge is 0.259 e. The van der Waals surface area contributed by atoms with Gasteiger partial charge in [0.05, 0.1) is 11.4 Å². The van der Waals surface area contributed by atoms with Gasteiger partial charge in [0, 0.05) is 49.5 Å². The van der Waals surface area contributed by atoms with Crippen LogP contribution in [0, 0.1) is 29.4 Å². The number of aromatic nitrogens is 2. The van der Waals surface area contributed by atoms with Gasteiger partial charge in [0.25, 0.3) is 6.54 Å². The number of likely N-dealkylation sites (tertiary alicyclic amines) is 1. The van der Waals surface area contributed by atoms with Crippen LogP contribution in [0.4, 0.5) is 0 Å². The first-order chi connectivity index (χ1) is 13.9. The summed E-state index contributed by atoms with van der Waals surface area (Å²) in [6.07, 6.45) is 5.37. The van der Waals surface area contributed by atoms with Gasteiger partial charge < -0.3 is 4.90 Å². The van der Waals surface area contributed by atoms with Crippen LogP contribution in [0.25, 0.3) is 0 Å². The number of aryl methyl sites for hydroxylation is 2. The average Bonchev–Trinajstić information content (AvgIpc) is 2.70. The third-order valence-corrected chi connectivity index (χ3v) is 5.58. The first kappa shape index (κ1) is 20.9. The molecular formula is C21H28N6O2. The molecule has 154 valence electrons. The Balaban J connectivity index is 1.73. The molecule has 1 aliphatic heterocycles. The van der Waals surface area contributed by atoms with Gasteiger partial charge in [-0.05, 0) is 49.9 Å². The summed E-state index contributed by atoms with van der Waals surface area (Å²) in [4.78, 5) is 23.7. The van der Waals surface area contributed by atoms with Crippen molar-refractivity contribution in [3.8, 4) is 0 Å². The number of amidine groups is 1. The van der Waals surface area contributed by atoms with E-state index in [2.05, 4.69) is 40.8 Å². The van der Waals surface area contributed by atoms with Crippen LogP contribution < -0.4 is 0 Å². The minimum atomic E-state index is -0.436. The first-order valence-electron chi connectivity index (χ1n) is 9.93. The lowest BCUT2D eigenvalue weighted by Gasteiger charge is -2.39. The molecule has 2 aromatic rings. The molecule has 29 heavy (non-hydrogen) atoms. The van der Waals surface area contributed by atoms with Crippen molar-refractivity contribution in [2.24, 2.45) is 0 Å². The molecule has 2 aromatic heterocycles.